The number of rotatable bonds is 6. The van der Waals surface area contributed by atoms with Crippen LogP contribution in [0.2, 0.25) is 5.02 Å². The molecule has 0 spiro atoms. The Morgan fingerprint density at radius 2 is 1.47 bits per heavy atom. The first-order chi connectivity index (χ1) is 13.7. The zero-order chi connectivity index (χ0) is 22.9. The van der Waals surface area contributed by atoms with Crippen LogP contribution in [0.25, 0.3) is 0 Å². The van der Waals surface area contributed by atoms with Crippen molar-refractivity contribution in [3.63, 3.8) is 0 Å². The van der Waals surface area contributed by atoms with E-state index in [1.165, 1.54) is 24.3 Å². The lowest BCUT2D eigenvalue weighted by Crippen LogP contribution is -2.40. The third kappa shape index (κ3) is 5.49. The summed E-state index contributed by atoms with van der Waals surface area (Å²) >= 11 is 5.66. The van der Waals surface area contributed by atoms with Crippen LogP contribution in [0.3, 0.4) is 0 Å². The maximum atomic E-state index is 12.4. The lowest BCUT2D eigenvalue weighted by atomic mass is 10.1. The van der Waals surface area contributed by atoms with Crippen LogP contribution in [0.4, 0.5) is 17.1 Å². The second-order valence-electron chi connectivity index (χ2n) is 7.18. The van der Waals surface area contributed by atoms with Crippen LogP contribution in [0.5, 0.6) is 0 Å². The Bertz CT molecular complexity index is 1090. The molecule has 2 rings (SSSR count). The molecule has 0 unspecified atom stereocenters. The molecule has 2 aromatic carbocycles. The summed E-state index contributed by atoms with van der Waals surface area (Å²) in [5.41, 5.74) is -2.45. The quantitative estimate of drug-likeness (QED) is 0.496. The van der Waals surface area contributed by atoms with Crippen LogP contribution < -0.4 is 10.0 Å². The van der Waals surface area contributed by atoms with Gasteiger partial charge in [-0.05, 0) is 45.0 Å². The molecule has 0 atom stereocenters. The molecule has 0 saturated heterocycles. The van der Waals surface area contributed by atoms with E-state index in [0.717, 1.165) is 12.1 Å². The van der Waals surface area contributed by atoms with E-state index in [-0.39, 0.29) is 16.1 Å². The summed E-state index contributed by atoms with van der Waals surface area (Å²) in [5.74, 6) is -0.874. The van der Waals surface area contributed by atoms with Crippen LogP contribution in [0.1, 0.15) is 31.1 Å². The number of nitrogens with one attached hydrogen (secondary N) is 2. The number of anilines is 1. The fourth-order valence-corrected chi connectivity index (χ4v) is 4.04. The molecule has 30 heavy (non-hydrogen) atoms. The molecule has 0 aliphatic carbocycles. The summed E-state index contributed by atoms with van der Waals surface area (Å²) in [6.45, 7) is 5.05. The van der Waals surface area contributed by atoms with Crippen molar-refractivity contribution >= 4 is 44.6 Å². The highest BCUT2D eigenvalue weighted by molar-refractivity contribution is 7.89. The highest BCUT2D eigenvalue weighted by Crippen LogP contribution is 2.35. The Morgan fingerprint density at radius 1 is 1.00 bits per heavy atom. The number of nitrogens with zero attached hydrogens (tertiary/aromatic N) is 2. The van der Waals surface area contributed by atoms with Crippen LogP contribution in [0, 0.1) is 20.2 Å². The normalized spacial score (nSPS) is 11.7. The molecule has 0 saturated carbocycles. The third-order valence-corrected chi connectivity index (χ3v) is 5.71. The van der Waals surface area contributed by atoms with Gasteiger partial charge in [-0.2, -0.15) is 0 Å². The number of hydrogen-bond donors (Lipinski definition) is 2. The lowest BCUT2D eigenvalue weighted by Gasteiger charge is -2.20. The molecule has 13 heteroatoms. The monoisotopic (exact) mass is 456 g/mol. The Kier molecular flexibility index (Phi) is 6.45. The van der Waals surface area contributed by atoms with E-state index in [1.807, 2.05) is 0 Å². The molecule has 0 radical (unpaired) electrons. The van der Waals surface area contributed by atoms with Gasteiger partial charge >= 0.3 is 0 Å². The van der Waals surface area contributed by atoms with Gasteiger partial charge in [0, 0.05) is 23.4 Å². The van der Waals surface area contributed by atoms with Crippen molar-refractivity contribution in [2.75, 3.05) is 5.32 Å². The molecule has 2 aromatic rings. The molecular formula is C17H17ClN4O7S. The largest absolute Gasteiger partial charge is 0.322 e. The van der Waals surface area contributed by atoms with Gasteiger partial charge in [0.25, 0.3) is 17.3 Å². The molecule has 160 valence electrons. The standard InChI is InChI=1S/C17H17ClN4O7S/c1-17(2,3)20-30(28,29)12-6-4-11(5-7-12)19-16(23)10-8-13(21(24)25)15(18)14(9-10)22(26)27/h4-9,20H,1-3H3,(H,19,23). The van der Waals surface area contributed by atoms with Gasteiger partial charge in [0.1, 0.15) is 0 Å². The van der Waals surface area contributed by atoms with Crippen molar-refractivity contribution < 1.29 is 23.1 Å². The summed E-state index contributed by atoms with van der Waals surface area (Å²) in [6.07, 6.45) is 0. The minimum atomic E-state index is -3.78. The molecule has 11 nitrogen and oxygen atoms in total. The minimum absolute atomic E-state index is 0.0341. The molecule has 0 aliphatic rings. The fourth-order valence-electron chi connectivity index (χ4n) is 2.37. The number of halogens is 1. The first-order valence-electron chi connectivity index (χ1n) is 8.29. The summed E-state index contributed by atoms with van der Waals surface area (Å²) in [5, 5.41) is 23.8. The van der Waals surface area contributed by atoms with Gasteiger partial charge < -0.3 is 5.32 Å². The maximum absolute atomic E-state index is 12.4. The van der Waals surface area contributed by atoms with Crippen LogP contribution in [-0.4, -0.2) is 29.7 Å². The predicted octanol–water partition coefficient (Wildman–Crippen LogP) is 3.49. The molecular weight excluding hydrogens is 440 g/mol. The Labute approximate surface area is 176 Å². The van der Waals surface area contributed by atoms with Crippen molar-refractivity contribution in [1.82, 2.24) is 4.72 Å². The average Bonchev–Trinajstić information content (AvgIpc) is 2.59. The second-order valence-corrected chi connectivity index (χ2v) is 9.24. The highest BCUT2D eigenvalue weighted by Gasteiger charge is 2.27. The van der Waals surface area contributed by atoms with Crippen molar-refractivity contribution in [3.8, 4) is 0 Å². The number of sulfonamides is 1. The summed E-state index contributed by atoms with van der Waals surface area (Å²) in [6, 6.07) is 6.78. The van der Waals surface area contributed by atoms with Gasteiger partial charge in [-0.1, -0.05) is 11.6 Å². The number of carbonyl (C=O) groups is 1. The van der Waals surface area contributed by atoms with Crippen molar-refractivity contribution in [2.45, 2.75) is 31.2 Å². The Balaban J connectivity index is 2.31. The number of nitro benzene ring substituents is 2. The van der Waals surface area contributed by atoms with E-state index in [4.69, 9.17) is 11.6 Å². The van der Waals surface area contributed by atoms with E-state index in [2.05, 4.69) is 10.0 Å². The van der Waals surface area contributed by atoms with E-state index >= 15 is 0 Å². The molecule has 0 bridgehead atoms. The van der Waals surface area contributed by atoms with Crippen LogP contribution >= 0.6 is 11.6 Å². The third-order valence-electron chi connectivity index (χ3n) is 3.55. The van der Waals surface area contributed by atoms with E-state index < -0.39 is 47.7 Å². The fraction of sp³-hybridized carbons (Fsp3) is 0.235. The topological polar surface area (TPSA) is 162 Å². The Hall–Kier alpha value is -3.09. The van der Waals surface area contributed by atoms with Crippen molar-refractivity contribution in [3.05, 3.63) is 67.2 Å². The zero-order valence-electron chi connectivity index (χ0n) is 16.0. The number of hydrogen-bond acceptors (Lipinski definition) is 7. The van der Waals surface area contributed by atoms with Crippen LogP contribution in [0.15, 0.2) is 41.3 Å². The number of amides is 1. The van der Waals surface area contributed by atoms with Gasteiger partial charge in [0.15, 0.2) is 5.02 Å². The Morgan fingerprint density at radius 3 is 1.87 bits per heavy atom. The van der Waals surface area contributed by atoms with E-state index in [9.17, 15) is 33.4 Å². The van der Waals surface area contributed by atoms with Gasteiger partial charge in [0.2, 0.25) is 10.0 Å². The van der Waals surface area contributed by atoms with Gasteiger partial charge in [0.05, 0.1) is 20.3 Å². The lowest BCUT2D eigenvalue weighted by molar-refractivity contribution is -0.393. The van der Waals surface area contributed by atoms with E-state index in [0.29, 0.717) is 0 Å². The van der Waals surface area contributed by atoms with Crippen molar-refractivity contribution in [2.24, 2.45) is 0 Å². The second kappa shape index (κ2) is 8.34. The molecule has 0 fully saturated rings. The SMILES string of the molecule is CC(C)(C)NS(=O)(=O)c1ccc(NC(=O)c2cc([N+](=O)[O-])c(Cl)c([N+](=O)[O-])c2)cc1. The molecule has 0 aliphatic heterocycles. The minimum Gasteiger partial charge on any atom is -0.322 e. The summed E-state index contributed by atoms with van der Waals surface area (Å²) in [7, 11) is -3.78. The number of nitro groups is 2. The smallest absolute Gasteiger partial charge is 0.295 e. The van der Waals surface area contributed by atoms with E-state index in [1.54, 1.807) is 20.8 Å². The zero-order valence-corrected chi connectivity index (χ0v) is 17.6. The highest BCUT2D eigenvalue weighted by atomic mass is 35.5. The molecule has 2 N–H and O–H groups in total. The molecule has 0 aromatic heterocycles. The maximum Gasteiger partial charge on any atom is 0.295 e. The van der Waals surface area contributed by atoms with Gasteiger partial charge in [-0.3, -0.25) is 25.0 Å². The first kappa shape index (κ1) is 23.2. The molecule has 1 amide bonds. The first-order valence-corrected chi connectivity index (χ1v) is 10.1. The number of carbonyl (C=O) groups excluding carboxylic acids is 1. The van der Waals surface area contributed by atoms with Crippen LogP contribution in [-0.2, 0) is 10.0 Å². The summed E-state index contributed by atoms with van der Waals surface area (Å²) in [4.78, 5) is 32.6. The molecule has 0 heterocycles. The average molecular weight is 457 g/mol. The van der Waals surface area contributed by atoms with Gasteiger partial charge in [-0.15, -0.1) is 0 Å². The predicted molar refractivity (Wildman–Crippen MR) is 109 cm³/mol. The summed E-state index contributed by atoms with van der Waals surface area (Å²) < 4.78 is 27.1. The number of benzene rings is 2. The van der Waals surface area contributed by atoms with Gasteiger partial charge in [-0.25, -0.2) is 13.1 Å². The van der Waals surface area contributed by atoms with Crippen molar-refractivity contribution in [1.29, 1.82) is 0 Å².